The molecule has 1 saturated heterocycles. The van der Waals surface area contributed by atoms with Gasteiger partial charge in [0, 0.05) is 52.2 Å². The minimum Gasteiger partial charge on any atom is -0.383 e. The SMILES string of the molecule is COCCNC(=O)c1cccc(C(=O)N2CCN(c3ncccn3)CC2)n1. The van der Waals surface area contributed by atoms with Crippen molar-refractivity contribution in [2.75, 3.05) is 51.3 Å². The largest absolute Gasteiger partial charge is 0.383 e. The number of carbonyl (C=O) groups excluding carboxylic acids is 2. The van der Waals surface area contributed by atoms with Gasteiger partial charge in [-0.25, -0.2) is 15.0 Å². The first-order chi connectivity index (χ1) is 13.2. The van der Waals surface area contributed by atoms with Crippen molar-refractivity contribution in [3.63, 3.8) is 0 Å². The highest BCUT2D eigenvalue weighted by atomic mass is 16.5. The average molecular weight is 370 g/mol. The van der Waals surface area contributed by atoms with E-state index in [4.69, 9.17) is 4.74 Å². The van der Waals surface area contributed by atoms with Crippen LogP contribution in [0.1, 0.15) is 21.0 Å². The molecule has 2 aromatic rings. The van der Waals surface area contributed by atoms with Crippen molar-refractivity contribution in [2.24, 2.45) is 0 Å². The third kappa shape index (κ3) is 4.76. The molecule has 2 aromatic heterocycles. The lowest BCUT2D eigenvalue weighted by molar-refractivity contribution is 0.0740. The van der Waals surface area contributed by atoms with E-state index in [-0.39, 0.29) is 23.2 Å². The van der Waals surface area contributed by atoms with Gasteiger partial charge < -0.3 is 19.9 Å². The Balaban J connectivity index is 1.60. The monoisotopic (exact) mass is 370 g/mol. The smallest absolute Gasteiger partial charge is 0.272 e. The molecular formula is C18H22N6O3. The first kappa shape index (κ1) is 18.7. The molecule has 0 atom stereocenters. The second-order valence-corrected chi connectivity index (χ2v) is 5.98. The number of nitrogens with zero attached hydrogens (tertiary/aromatic N) is 5. The van der Waals surface area contributed by atoms with Crippen LogP contribution in [0.5, 0.6) is 0 Å². The second-order valence-electron chi connectivity index (χ2n) is 5.98. The van der Waals surface area contributed by atoms with Crippen LogP contribution < -0.4 is 10.2 Å². The molecule has 0 unspecified atom stereocenters. The Morgan fingerprint density at radius 2 is 1.78 bits per heavy atom. The highest BCUT2D eigenvalue weighted by Gasteiger charge is 2.24. The number of hydrogen-bond acceptors (Lipinski definition) is 7. The quantitative estimate of drug-likeness (QED) is 0.726. The van der Waals surface area contributed by atoms with Crippen molar-refractivity contribution < 1.29 is 14.3 Å². The van der Waals surface area contributed by atoms with Crippen molar-refractivity contribution in [1.29, 1.82) is 0 Å². The van der Waals surface area contributed by atoms with Gasteiger partial charge in [-0.1, -0.05) is 6.07 Å². The van der Waals surface area contributed by atoms with Crippen molar-refractivity contribution in [3.05, 3.63) is 48.0 Å². The molecule has 3 heterocycles. The molecule has 1 N–H and O–H groups in total. The highest BCUT2D eigenvalue weighted by Crippen LogP contribution is 2.12. The Kier molecular flexibility index (Phi) is 6.26. The standard InChI is InChI=1S/C18H22N6O3/c1-27-13-8-19-16(25)14-4-2-5-15(22-14)17(26)23-9-11-24(12-10-23)18-20-6-3-7-21-18/h2-7H,8-13H2,1H3,(H,19,25). The fourth-order valence-electron chi connectivity index (χ4n) is 2.76. The predicted octanol–water partition coefficient (Wildman–Crippen LogP) is 0.210. The van der Waals surface area contributed by atoms with Gasteiger partial charge >= 0.3 is 0 Å². The number of pyridine rings is 1. The average Bonchev–Trinajstić information content (AvgIpc) is 2.74. The molecule has 0 saturated carbocycles. The maximum Gasteiger partial charge on any atom is 0.272 e. The van der Waals surface area contributed by atoms with Crippen LogP contribution in [0.2, 0.25) is 0 Å². The topological polar surface area (TPSA) is 101 Å². The zero-order valence-corrected chi connectivity index (χ0v) is 15.2. The van der Waals surface area contributed by atoms with Gasteiger partial charge in [-0.15, -0.1) is 0 Å². The normalized spacial score (nSPS) is 14.1. The number of anilines is 1. The van der Waals surface area contributed by atoms with Gasteiger partial charge in [-0.05, 0) is 18.2 Å². The van der Waals surface area contributed by atoms with Crippen LogP contribution in [0.25, 0.3) is 0 Å². The number of hydrogen-bond donors (Lipinski definition) is 1. The number of amides is 2. The first-order valence-corrected chi connectivity index (χ1v) is 8.74. The van der Waals surface area contributed by atoms with Crippen LogP contribution in [0.4, 0.5) is 5.95 Å². The molecule has 1 aliphatic rings. The Morgan fingerprint density at radius 3 is 2.48 bits per heavy atom. The van der Waals surface area contributed by atoms with Crippen LogP contribution in [0, 0.1) is 0 Å². The molecule has 0 bridgehead atoms. The van der Waals surface area contributed by atoms with Crippen molar-refractivity contribution in [1.82, 2.24) is 25.2 Å². The molecule has 3 rings (SSSR count). The highest BCUT2D eigenvalue weighted by molar-refractivity contribution is 5.96. The summed E-state index contributed by atoms with van der Waals surface area (Å²) in [4.78, 5) is 41.3. The minimum absolute atomic E-state index is 0.185. The molecule has 27 heavy (non-hydrogen) atoms. The van der Waals surface area contributed by atoms with E-state index in [1.54, 1.807) is 48.7 Å². The van der Waals surface area contributed by atoms with E-state index in [9.17, 15) is 9.59 Å². The fourth-order valence-corrected chi connectivity index (χ4v) is 2.76. The molecule has 0 spiro atoms. The Labute approximate surface area is 157 Å². The van der Waals surface area contributed by atoms with Crippen LogP contribution >= 0.6 is 0 Å². The lowest BCUT2D eigenvalue weighted by Crippen LogP contribution is -2.49. The van der Waals surface area contributed by atoms with E-state index >= 15 is 0 Å². The van der Waals surface area contributed by atoms with Gasteiger partial charge in [0.1, 0.15) is 11.4 Å². The number of nitrogens with one attached hydrogen (secondary N) is 1. The molecule has 1 aliphatic heterocycles. The van der Waals surface area contributed by atoms with Gasteiger partial charge in [0.15, 0.2) is 0 Å². The summed E-state index contributed by atoms with van der Waals surface area (Å²) in [5, 5.41) is 2.70. The summed E-state index contributed by atoms with van der Waals surface area (Å²) in [6.07, 6.45) is 3.40. The summed E-state index contributed by atoms with van der Waals surface area (Å²) < 4.78 is 4.90. The van der Waals surface area contributed by atoms with E-state index in [1.165, 1.54) is 0 Å². The number of methoxy groups -OCH3 is 1. The summed E-state index contributed by atoms with van der Waals surface area (Å²) >= 11 is 0. The number of aromatic nitrogens is 3. The number of rotatable bonds is 6. The zero-order valence-electron chi connectivity index (χ0n) is 15.2. The van der Waals surface area contributed by atoms with Gasteiger partial charge in [0.2, 0.25) is 5.95 Å². The minimum atomic E-state index is -0.326. The van der Waals surface area contributed by atoms with E-state index in [0.717, 1.165) is 0 Å². The van der Waals surface area contributed by atoms with Crippen molar-refractivity contribution >= 4 is 17.8 Å². The van der Waals surface area contributed by atoms with Crippen LogP contribution in [-0.4, -0.2) is 78.1 Å². The first-order valence-electron chi connectivity index (χ1n) is 8.74. The molecule has 142 valence electrons. The molecular weight excluding hydrogens is 348 g/mol. The van der Waals surface area contributed by atoms with Gasteiger partial charge in [-0.3, -0.25) is 9.59 Å². The number of ether oxygens (including phenoxy) is 1. The molecule has 9 nitrogen and oxygen atoms in total. The fraction of sp³-hybridized carbons (Fsp3) is 0.389. The third-order valence-corrected chi connectivity index (χ3v) is 4.19. The van der Waals surface area contributed by atoms with Gasteiger partial charge in [0.05, 0.1) is 6.61 Å². The van der Waals surface area contributed by atoms with E-state index < -0.39 is 0 Å². The van der Waals surface area contributed by atoms with Crippen LogP contribution in [0.3, 0.4) is 0 Å². The Hall–Kier alpha value is -3.07. The summed E-state index contributed by atoms with van der Waals surface area (Å²) in [6, 6.07) is 6.65. The number of piperazine rings is 1. The summed E-state index contributed by atoms with van der Waals surface area (Å²) in [5.41, 5.74) is 0.479. The molecule has 0 radical (unpaired) electrons. The molecule has 0 aromatic carbocycles. The van der Waals surface area contributed by atoms with Crippen molar-refractivity contribution in [2.45, 2.75) is 0 Å². The van der Waals surface area contributed by atoms with Crippen molar-refractivity contribution in [3.8, 4) is 0 Å². The third-order valence-electron chi connectivity index (χ3n) is 4.19. The van der Waals surface area contributed by atoms with Crippen LogP contribution in [0.15, 0.2) is 36.7 Å². The lowest BCUT2D eigenvalue weighted by Gasteiger charge is -2.34. The van der Waals surface area contributed by atoms with E-state index in [0.29, 0.717) is 45.3 Å². The van der Waals surface area contributed by atoms with Crippen LogP contribution in [-0.2, 0) is 4.74 Å². The molecule has 1 fully saturated rings. The maximum absolute atomic E-state index is 12.7. The van der Waals surface area contributed by atoms with Gasteiger partial charge in [-0.2, -0.15) is 0 Å². The van der Waals surface area contributed by atoms with E-state index in [2.05, 4.69) is 20.3 Å². The second kappa shape index (κ2) is 9.04. The summed E-state index contributed by atoms with van der Waals surface area (Å²) in [7, 11) is 1.56. The maximum atomic E-state index is 12.7. The summed E-state index contributed by atoms with van der Waals surface area (Å²) in [6.45, 7) is 3.18. The number of carbonyl (C=O) groups is 2. The molecule has 0 aliphatic carbocycles. The zero-order chi connectivity index (χ0) is 19.1. The van der Waals surface area contributed by atoms with E-state index in [1.807, 2.05) is 4.90 Å². The summed E-state index contributed by atoms with van der Waals surface area (Å²) in [5.74, 6) is 0.153. The van der Waals surface area contributed by atoms with Gasteiger partial charge in [0.25, 0.3) is 11.8 Å². The molecule has 2 amide bonds. The molecule has 9 heteroatoms. The Morgan fingerprint density at radius 1 is 1.07 bits per heavy atom. The predicted molar refractivity (Wildman–Crippen MR) is 98.6 cm³/mol. The lowest BCUT2D eigenvalue weighted by atomic mass is 10.2. The Bertz CT molecular complexity index is 778.